The molecule has 0 bridgehead atoms. The van der Waals surface area contributed by atoms with Crippen LogP contribution in [0.3, 0.4) is 0 Å². The van der Waals surface area contributed by atoms with Crippen LogP contribution in [0.1, 0.15) is 39.5 Å². The average molecular weight is 177 g/mol. The molecular weight excluding hydrogens is 160 g/mol. The molecule has 0 amide bonds. The first kappa shape index (κ1) is 13.1. The quantitative estimate of drug-likeness (QED) is 0.476. The molecule has 59 valence electrons. The Kier molecular flexibility index (Phi) is 16.0. The monoisotopic (exact) mass is 177 g/mol. The summed E-state index contributed by atoms with van der Waals surface area (Å²) < 4.78 is 8.25. The van der Waals surface area contributed by atoms with Crippen molar-refractivity contribution in [2.45, 2.75) is 39.5 Å². The molecule has 0 N–H and O–H groups in total. The molecule has 0 rings (SSSR count). The number of hydrogen-bond acceptors (Lipinski definition) is 1. The van der Waals surface area contributed by atoms with Crippen LogP contribution in [0, 0.1) is 12.8 Å². The van der Waals surface area contributed by atoms with Gasteiger partial charge in [0.2, 0.25) is 0 Å². The summed E-state index contributed by atoms with van der Waals surface area (Å²) in [4.78, 5) is 0. The van der Waals surface area contributed by atoms with E-state index in [4.69, 9.17) is 3.32 Å². The van der Waals surface area contributed by atoms with Gasteiger partial charge in [-0.15, -0.1) is 0 Å². The van der Waals surface area contributed by atoms with Gasteiger partial charge in [-0.2, -0.15) is 5.92 Å². The van der Waals surface area contributed by atoms with Crippen molar-refractivity contribution in [1.82, 2.24) is 0 Å². The molecule has 0 aromatic carbocycles. The van der Waals surface area contributed by atoms with Crippen LogP contribution in [0.2, 0.25) is 0 Å². The first-order valence-electron chi connectivity index (χ1n) is 3.84. The van der Waals surface area contributed by atoms with Gasteiger partial charge in [0.1, 0.15) is 0 Å². The van der Waals surface area contributed by atoms with Crippen molar-refractivity contribution in [1.29, 1.82) is 0 Å². The second kappa shape index (κ2) is 12.2. The summed E-state index contributed by atoms with van der Waals surface area (Å²) >= 11 is 0.750. The Hall–Kier alpha value is 0.514. The van der Waals surface area contributed by atoms with E-state index in [0.717, 1.165) is 20.4 Å². The van der Waals surface area contributed by atoms with E-state index in [1.807, 2.05) is 0 Å². The molecule has 0 aromatic rings. The van der Waals surface area contributed by atoms with Crippen LogP contribution in [0.15, 0.2) is 0 Å². The van der Waals surface area contributed by atoms with Crippen molar-refractivity contribution in [3.63, 3.8) is 0 Å². The summed E-state index contributed by atoms with van der Waals surface area (Å²) in [5.41, 5.74) is 0. The van der Waals surface area contributed by atoms with Crippen LogP contribution in [0.25, 0.3) is 0 Å². The Labute approximate surface area is 76.3 Å². The molecule has 0 aliphatic carbocycles. The number of unbranched alkanes of at least 4 members (excludes halogenated alkanes) is 1. The normalized spacial score (nSPS) is 11.7. The summed E-state index contributed by atoms with van der Waals surface area (Å²) in [6.07, 6.45) is 5.21. The standard InChI is InChI=1S/C8H17.O.Ti/c1-4-6-7-8(3)5-2;;/h8H,3-7H2,1-2H3;;/q-1;;+1. The maximum absolute atomic E-state index is 8.25. The van der Waals surface area contributed by atoms with Crippen LogP contribution >= 0.6 is 0 Å². The van der Waals surface area contributed by atoms with E-state index in [1.54, 1.807) is 0 Å². The molecule has 0 saturated heterocycles. The molecule has 0 fully saturated rings. The summed E-state index contributed by atoms with van der Waals surface area (Å²) in [6, 6.07) is 0. The van der Waals surface area contributed by atoms with E-state index >= 15 is 0 Å². The van der Waals surface area contributed by atoms with Gasteiger partial charge in [-0.1, -0.05) is 39.5 Å². The number of rotatable bonds is 4. The Bertz CT molecular complexity index is 57.2. The fraction of sp³-hybridized carbons (Fsp3) is 0.875. The summed E-state index contributed by atoms with van der Waals surface area (Å²) in [6.45, 7) is 8.42. The Morgan fingerprint density at radius 3 is 2.20 bits per heavy atom. The van der Waals surface area contributed by atoms with Crippen molar-refractivity contribution in [3.8, 4) is 0 Å². The minimum atomic E-state index is 0.704. The van der Waals surface area contributed by atoms with Crippen molar-refractivity contribution in [2.75, 3.05) is 0 Å². The van der Waals surface area contributed by atoms with Gasteiger partial charge < -0.3 is 6.92 Å². The third-order valence-corrected chi connectivity index (χ3v) is 1.54. The van der Waals surface area contributed by atoms with Crippen LogP contribution < -0.4 is 0 Å². The zero-order valence-electron chi connectivity index (χ0n) is 7.02. The second-order valence-corrected chi connectivity index (χ2v) is 2.42. The SMILES string of the molecule is [CH2-]C(CC)CCCC.[O]=[Ti+]. The fourth-order valence-corrected chi connectivity index (χ4v) is 0.697. The third kappa shape index (κ3) is 11.3. The first-order valence-corrected chi connectivity index (χ1v) is 4.48. The van der Waals surface area contributed by atoms with Gasteiger partial charge >= 0.3 is 23.7 Å². The van der Waals surface area contributed by atoms with Crippen molar-refractivity contribution >= 4 is 0 Å². The topological polar surface area (TPSA) is 17.1 Å². The van der Waals surface area contributed by atoms with Crippen LogP contribution in [0.4, 0.5) is 0 Å². The predicted octanol–water partition coefficient (Wildman–Crippen LogP) is 2.92. The van der Waals surface area contributed by atoms with Crippen molar-refractivity contribution in [3.05, 3.63) is 6.92 Å². The molecule has 0 aliphatic rings. The van der Waals surface area contributed by atoms with Gasteiger partial charge in [-0.3, -0.25) is 0 Å². The number of hydrogen-bond donors (Lipinski definition) is 0. The van der Waals surface area contributed by atoms with Crippen LogP contribution in [-0.2, 0) is 23.7 Å². The fourth-order valence-electron chi connectivity index (χ4n) is 0.697. The van der Waals surface area contributed by atoms with Crippen LogP contribution in [-0.4, -0.2) is 0 Å². The van der Waals surface area contributed by atoms with E-state index in [2.05, 4.69) is 20.8 Å². The van der Waals surface area contributed by atoms with Crippen molar-refractivity contribution < 1.29 is 23.7 Å². The third-order valence-electron chi connectivity index (χ3n) is 1.54. The molecule has 2 heteroatoms. The molecule has 0 aromatic heterocycles. The molecular formula is C8H17OTi. The zero-order chi connectivity index (χ0) is 8.41. The van der Waals surface area contributed by atoms with E-state index in [-0.39, 0.29) is 0 Å². The molecule has 0 aliphatic heterocycles. The van der Waals surface area contributed by atoms with Gasteiger partial charge in [0, 0.05) is 0 Å². The van der Waals surface area contributed by atoms with E-state index < -0.39 is 0 Å². The van der Waals surface area contributed by atoms with E-state index in [9.17, 15) is 0 Å². The molecule has 0 radical (unpaired) electrons. The Morgan fingerprint density at radius 2 is 1.90 bits per heavy atom. The molecule has 0 heterocycles. The summed E-state index contributed by atoms with van der Waals surface area (Å²) in [5, 5.41) is 0. The molecule has 10 heavy (non-hydrogen) atoms. The van der Waals surface area contributed by atoms with Crippen molar-refractivity contribution in [2.24, 2.45) is 5.92 Å². The molecule has 1 atom stereocenters. The van der Waals surface area contributed by atoms with Gasteiger partial charge in [0.15, 0.2) is 0 Å². The predicted molar refractivity (Wildman–Crippen MR) is 39.3 cm³/mol. The van der Waals surface area contributed by atoms with Crippen LogP contribution in [0.5, 0.6) is 0 Å². The van der Waals surface area contributed by atoms with E-state index in [0.29, 0.717) is 5.92 Å². The van der Waals surface area contributed by atoms with Gasteiger partial charge in [0.25, 0.3) is 0 Å². The zero-order valence-corrected chi connectivity index (χ0v) is 8.58. The minimum absolute atomic E-state index is 0.704. The Morgan fingerprint density at radius 1 is 1.40 bits per heavy atom. The molecule has 1 nitrogen and oxygen atoms in total. The summed E-state index contributed by atoms with van der Waals surface area (Å²) in [5.74, 6) is 0.704. The molecule has 0 saturated carbocycles. The maximum atomic E-state index is 8.25. The summed E-state index contributed by atoms with van der Waals surface area (Å²) in [7, 11) is 0. The second-order valence-electron chi connectivity index (χ2n) is 2.42. The van der Waals surface area contributed by atoms with E-state index in [1.165, 1.54) is 25.7 Å². The Balaban J connectivity index is 0. The first-order chi connectivity index (χ1) is 4.81. The van der Waals surface area contributed by atoms with Gasteiger partial charge in [-0.25, -0.2) is 0 Å². The average Bonchev–Trinajstić information content (AvgIpc) is 2.04. The molecule has 0 spiro atoms. The van der Waals surface area contributed by atoms with Gasteiger partial charge in [0.05, 0.1) is 0 Å². The molecule has 1 unspecified atom stereocenters. The van der Waals surface area contributed by atoms with Gasteiger partial charge in [-0.05, 0) is 0 Å².